The summed E-state index contributed by atoms with van der Waals surface area (Å²) in [6.45, 7) is 0. The number of nitrogens with one attached hydrogen (secondary N) is 1. The maximum Gasteiger partial charge on any atom is 0.416 e. The van der Waals surface area contributed by atoms with E-state index in [1.165, 1.54) is 18.2 Å². The van der Waals surface area contributed by atoms with E-state index in [0.29, 0.717) is 0 Å². The van der Waals surface area contributed by atoms with E-state index >= 15 is 0 Å². The van der Waals surface area contributed by atoms with Crippen LogP contribution >= 0.6 is 0 Å². The van der Waals surface area contributed by atoms with Crippen LogP contribution in [0.4, 0.5) is 13.2 Å². The van der Waals surface area contributed by atoms with E-state index in [1.807, 2.05) is 0 Å². The zero-order valence-electron chi connectivity index (χ0n) is 11.8. The Morgan fingerprint density at radius 1 is 1.27 bits per heavy atom. The van der Waals surface area contributed by atoms with Crippen LogP contribution in [0.15, 0.2) is 29.8 Å². The first-order valence-corrected chi connectivity index (χ1v) is 7.00. The Bertz CT molecular complexity index is 623. The fourth-order valence-corrected chi connectivity index (χ4v) is 2.52. The maximum atomic E-state index is 12.9. The van der Waals surface area contributed by atoms with Gasteiger partial charge in [0.05, 0.1) is 5.56 Å². The van der Waals surface area contributed by atoms with Crippen molar-refractivity contribution in [1.82, 2.24) is 5.32 Å². The third-order valence-corrected chi connectivity index (χ3v) is 3.62. The van der Waals surface area contributed by atoms with Gasteiger partial charge in [-0.05, 0) is 30.5 Å². The molecule has 0 aromatic heterocycles. The number of alkyl halides is 3. The molecule has 22 heavy (non-hydrogen) atoms. The van der Waals surface area contributed by atoms with Crippen LogP contribution in [0.5, 0.6) is 0 Å². The van der Waals surface area contributed by atoms with Crippen molar-refractivity contribution in [2.45, 2.75) is 37.9 Å². The number of carbonyl (C=O) groups is 1. The van der Waals surface area contributed by atoms with Gasteiger partial charge in [-0.25, -0.2) is 0 Å². The Labute approximate surface area is 126 Å². The van der Waals surface area contributed by atoms with Crippen LogP contribution in [-0.4, -0.2) is 11.9 Å². The average molecular weight is 308 g/mol. The lowest BCUT2D eigenvalue weighted by Gasteiger charge is -2.12. The monoisotopic (exact) mass is 308 g/mol. The number of carbonyl (C=O) groups excluding carboxylic acids is 1. The van der Waals surface area contributed by atoms with Gasteiger partial charge in [-0.1, -0.05) is 31.0 Å². The number of benzene rings is 1. The predicted octanol–water partition coefficient (Wildman–Crippen LogP) is 3.67. The second-order valence-corrected chi connectivity index (χ2v) is 5.21. The highest BCUT2D eigenvalue weighted by atomic mass is 19.4. The summed E-state index contributed by atoms with van der Waals surface area (Å²) >= 11 is 0. The molecule has 1 fully saturated rings. The van der Waals surface area contributed by atoms with Crippen molar-refractivity contribution in [1.29, 1.82) is 5.26 Å². The Kier molecular flexibility index (Phi) is 4.86. The number of halogens is 3. The zero-order valence-corrected chi connectivity index (χ0v) is 11.8. The van der Waals surface area contributed by atoms with E-state index in [2.05, 4.69) is 5.32 Å². The molecule has 0 aliphatic heterocycles. The minimum absolute atomic E-state index is 0.00195. The van der Waals surface area contributed by atoms with Crippen molar-refractivity contribution in [3.8, 4) is 6.07 Å². The first-order chi connectivity index (χ1) is 10.4. The highest BCUT2D eigenvalue weighted by Gasteiger charge is 2.32. The molecule has 0 atom stereocenters. The van der Waals surface area contributed by atoms with E-state index in [1.54, 1.807) is 6.07 Å². The molecule has 3 nitrogen and oxygen atoms in total. The van der Waals surface area contributed by atoms with Gasteiger partial charge in [-0.2, -0.15) is 18.4 Å². The van der Waals surface area contributed by atoms with Crippen molar-refractivity contribution in [2.75, 3.05) is 0 Å². The molecule has 1 saturated carbocycles. The fourth-order valence-electron chi connectivity index (χ4n) is 2.52. The Hall–Kier alpha value is -2.29. The number of nitrogens with zero attached hydrogens (tertiary/aromatic N) is 1. The smallest absolute Gasteiger partial charge is 0.349 e. The average Bonchev–Trinajstić information content (AvgIpc) is 2.96. The van der Waals surface area contributed by atoms with Crippen LogP contribution in [0.1, 0.15) is 36.8 Å². The molecule has 0 spiro atoms. The molecule has 6 heteroatoms. The maximum absolute atomic E-state index is 12.9. The zero-order chi connectivity index (χ0) is 16.2. The summed E-state index contributed by atoms with van der Waals surface area (Å²) in [7, 11) is 0. The molecular weight excluding hydrogens is 293 g/mol. The standard InChI is InChI=1S/C16H15F3N2O/c17-16(18,19)14-8-4-1-5-11(14)9-12(10-20)15(22)21-13-6-2-3-7-13/h1,4-5,8-9,13H,2-3,6-7H2,(H,21,22)/b12-9+. The lowest BCUT2D eigenvalue weighted by molar-refractivity contribution is -0.137. The summed E-state index contributed by atoms with van der Waals surface area (Å²) in [6, 6.07) is 6.56. The summed E-state index contributed by atoms with van der Waals surface area (Å²) in [4.78, 5) is 12.0. The second kappa shape index (κ2) is 6.65. The van der Waals surface area contributed by atoms with Gasteiger partial charge in [-0.15, -0.1) is 0 Å². The largest absolute Gasteiger partial charge is 0.416 e. The van der Waals surface area contributed by atoms with Crippen LogP contribution in [0, 0.1) is 11.3 Å². The molecule has 116 valence electrons. The van der Waals surface area contributed by atoms with Crippen molar-refractivity contribution < 1.29 is 18.0 Å². The van der Waals surface area contributed by atoms with Gasteiger partial charge in [0.25, 0.3) is 5.91 Å². The third kappa shape index (κ3) is 3.88. The highest BCUT2D eigenvalue weighted by molar-refractivity contribution is 6.02. The molecule has 0 radical (unpaired) electrons. The molecule has 2 rings (SSSR count). The fraction of sp³-hybridized carbons (Fsp3) is 0.375. The number of rotatable bonds is 3. The van der Waals surface area contributed by atoms with Gasteiger partial charge in [0, 0.05) is 6.04 Å². The summed E-state index contributed by atoms with van der Waals surface area (Å²) < 4.78 is 38.8. The van der Waals surface area contributed by atoms with Crippen molar-refractivity contribution in [3.63, 3.8) is 0 Å². The Balaban J connectivity index is 2.25. The molecular formula is C16H15F3N2O. The highest BCUT2D eigenvalue weighted by Crippen LogP contribution is 2.32. The molecule has 1 aromatic rings. The summed E-state index contributed by atoms with van der Waals surface area (Å²) in [5.74, 6) is -0.619. The molecule has 0 saturated heterocycles. The quantitative estimate of drug-likeness (QED) is 0.684. The van der Waals surface area contributed by atoms with Crippen LogP contribution < -0.4 is 5.32 Å². The first kappa shape index (κ1) is 16.1. The lowest BCUT2D eigenvalue weighted by atomic mass is 10.0. The molecule has 0 heterocycles. The van der Waals surface area contributed by atoms with Crippen LogP contribution in [0.3, 0.4) is 0 Å². The minimum atomic E-state index is -4.53. The number of hydrogen-bond acceptors (Lipinski definition) is 2. The molecule has 1 N–H and O–H groups in total. The predicted molar refractivity (Wildman–Crippen MR) is 75.4 cm³/mol. The van der Waals surface area contributed by atoms with Crippen LogP contribution in [0.2, 0.25) is 0 Å². The van der Waals surface area contributed by atoms with E-state index in [4.69, 9.17) is 5.26 Å². The van der Waals surface area contributed by atoms with Gasteiger partial charge in [-0.3, -0.25) is 4.79 Å². The number of nitriles is 1. The Morgan fingerprint density at radius 3 is 2.50 bits per heavy atom. The summed E-state index contributed by atoms with van der Waals surface area (Å²) in [6.07, 6.45) is 0.150. The number of hydrogen-bond donors (Lipinski definition) is 1. The minimum Gasteiger partial charge on any atom is -0.349 e. The SMILES string of the molecule is N#C/C(=C\c1ccccc1C(F)(F)F)C(=O)NC1CCCC1. The normalized spacial score (nSPS) is 16.4. The Morgan fingerprint density at radius 2 is 1.91 bits per heavy atom. The third-order valence-electron chi connectivity index (χ3n) is 3.62. The summed E-state index contributed by atoms with van der Waals surface area (Å²) in [5, 5.41) is 11.8. The molecule has 0 bridgehead atoms. The van der Waals surface area contributed by atoms with E-state index < -0.39 is 17.6 Å². The van der Waals surface area contributed by atoms with Crippen molar-refractivity contribution in [3.05, 3.63) is 41.0 Å². The van der Waals surface area contributed by atoms with Gasteiger partial charge in [0.2, 0.25) is 0 Å². The van der Waals surface area contributed by atoms with Crippen LogP contribution in [0.25, 0.3) is 6.08 Å². The van der Waals surface area contributed by atoms with E-state index in [0.717, 1.165) is 37.8 Å². The molecule has 0 unspecified atom stereocenters. The summed E-state index contributed by atoms with van der Waals surface area (Å²) in [5.41, 5.74) is -1.37. The topological polar surface area (TPSA) is 52.9 Å². The second-order valence-electron chi connectivity index (χ2n) is 5.21. The van der Waals surface area contributed by atoms with Crippen molar-refractivity contribution in [2.24, 2.45) is 0 Å². The molecule has 1 amide bonds. The molecule has 1 aliphatic carbocycles. The van der Waals surface area contributed by atoms with E-state index in [9.17, 15) is 18.0 Å². The van der Waals surface area contributed by atoms with E-state index in [-0.39, 0.29) is 17.2 Å². The van der Waals surface area contributed by atoms with Gasteiger partial charge >= 0.3 is 6.18 Å². The van der Waals surface area contributed by atoms with Crippen LogP contribution in [-0.2, 0) is 11.0 Å². The van der Waals surface area contributed by atoms with Gasteiger partial charge in [0.1, 0.15) is 11.6 Å². The van der Waals surface area contributed by atoms with Crippen molar-refractivity contribution >= 4 is 12.0 Å². The lowest BCUT2D eigenvalue weighted by Crippen LogP contribution is -2.33. The van der Waals surface area contributed by atoms with Gasteiger partial charge < -0.3 is 5.32 Å². The first-order valence-electron chi connectivity index (χ1n) is 7.00. The van der Waals surface area contributed by atoms with Gasteiger partial charge in [0.15, 0.2) is 0 Å². The molecule has 1 aromatic carbocycles. The molecule has 1 aliphatic rings. The number of amides is 1.